The fraction of sp³-hybridized carbons (Fsp3) is 0.933. The van der Waals surface area contributed by atoms with Gasteiger partial charge in [-0.1, -0.05) is 27.2 Å². The molecule has 0 unspecified atom stereocenters. The van der Waals surface area contributed by atoms with Gasteiger partial charge >= 0.3 is 5.97 Å². The lowest BCUT2D eigenvalue weighted by Gasteiger charge is -2.20. The van der Waals surface area contributed by atoms with Gasteiger partial charge in [0.25, 0.3) is 0 Å². The number of hydrogen-bond donors (Lipinski definition) is 1. The lowest BCUT2D eigenvalue weighted by molar-refractivity contribution is -0.155. The molecule has 0 aromatic heterocycles. The summed E-state index contributed by atoms with van der Waals surface area (Å²) in [6.45, 7) is 12.2. The highest BCUT2D eigenvalue weighted by Gasteiger charge is 2.69. The van der Waals surface area contributed by atoms with E-state index in [0.717, 1.165) is 12.8 Å². The fourth-order valence-electron chi connectivity index (χ4n) is 3.40. The largest absolute Gasteiger partial charge is 0.460 e. The molecule has 0 heterocycles. The molecule has 0 aromatic carbocycles. The van der Waals surface area contributed by atoms with E-state index in [1.807, 2.05) is 20.8 Å². The average Bonchev–Trinajstić information content (AvgIpc) is 2.62. The first kappa shape index (κ1) is 15.5. The number of aliphatic hydroxyl groups excluding tert-OH is 1. The summed E-state index contributed by atoms with van der Waals surface area (Å²) in [5, 5.41) is 9.69. The first-order chi connectivity index (χ1) is 8.10. The van der Waals surface area contributed by atoms with Crippen LogP contribution < -0.4 is 0 Å². The second kappa shape index (κ2) is 4.84. The second-order valence-corrected chi connectivity index (χ2v) is 7.13. The molecule has 18 heavy (non-hydrogen) atoms. The van der Waals surface area contributed by atoms with Crippen LogP contribution in [0.5, 0.6) is 0 Å². The molecule has 0 bridgehead atoms. The number of ether oxygens (including phenoxy) is 1. The van der Waals surface area contributed by atoms with Crippen LogP contribution in [0.3, 0.4) is 0 Å². The Bertz CT molecular complexity index is 314. The minimum atomic E-state index is -0.428. The molecule has 3 nitrogen and oxygen atoms in total. The van der Waals surface area contributed by atoms with Crippen molar-refractivity contribution in [1.29, 1.82) is 0 Å². The SMILES string of the molecule is CCC[C@]1(CO)[C@H](CC(=O)OC(C)(C)C)C1(C)C. The van der Waals surface area contributed by atoms with Gasteiger partial charge in [0.05, 0.1) is 0 Å². The predicted octanol–water partition coefficient (Wildman–Crippen LogP) is 3.15. The van der Waals surface area contributed by atoms with Gasteiger partial charge in [-0.2, -0.15) is 0 Å². The average molecular weight is 256 g/mol. The number of esters is 1. The van der Waals surface area contributed by atoms with Crippen molar-refractivity contribution in [3.05, 3.63) is 0 Å². The van der Waals surface area contributed by atoms with E-state index in [2.05, 4.69) is 20.8 Å². The lowest BCUT2D eigenvalue weighted by atomic mass is 9.92. The zero-order valence-corrected chi connectivity index (χ0v) is 12.7. The Morgan fingerprint density at radius 3 is 2.28 bits per heavy atom. The molecule has 0 spiro atoms. The van der Waals surface area contributed by atoms with E-state index in [1.54, 1.807) is 0 Å². The van der Waals surface area contributed by atoms with Crippen LogP contribution >= 0.6 is 0 Å². The fourth-order valence-corrected chi connectivity index (χ4v) is 3.40. The van der Waals surface area contributed by atoms with E-state index in [0.29, 0.717) is 6.42 Å². The lowest BCUT2D eigenvalue weighted by Crippen LogP contribution is -2.24. The minimum absolute atomic E-state index is 0.0364. The Hall–Kier alpha value is -0.570. The Kier molecular flexibility index (Phi) is 4.16. The summed E-state index contributed by atoms with van der Waals surface area (Å²) in [7, 11) is 0. The molecule has 1 N–H and O–H groups in total. The van der Waals surface area contributed by atoms with Gasteiger partial charge in [0.15, 0.2) is 0 Å². The van der Waals surface area contributed by atoms with Crippen molar-refractivity contribution < 1.29 is 14.6 Å². The van der Waals surface area contributed by atoms with Crippen molar-refractivity contribution in [2.45, 2.75) is 66.4 Å². The van der Waals surface area contributed by atoms with Gasteiger partial charge in [0.2, 0.25) is 0 Å². The van der Waals surface area contributed by atoms with Crippen LogP contribution in [-0.4, -0.2) is 23.3 Å². The van der Waals surface area contributed by atoms with Crippen LogP contribution in [0.15, 0.2) is 0 Å². The third kappa shape index (κ3) is 2.71. The molecule has 0 amide bonds. The quantitative estimate of drug-likeness (QED) is 0.769. The zero-order chi connectivity index (χ0) is 14.2. The number of rotatable bonds is 5. The number of aliphatic hydroxyl groups is 1. The van der Waals surface area contributed by atoms with E-state index >= 15 is 0 Å². The number of carbonyl (C=O) groups is 1. The van der Waals surface area contributed by atoms with Crippen molar-refractivity contribution >= 4 is 5.97 Å². The van der Waals surface area contributed by atoms with Gasteiger partial charge in [0, 0.05) is 18.4 Å². The van der Waals surface area contributed by atoms with Gasteiger partial charge in [-0.05, 0) is 38.5 Å². The van der Waals surface area contributed by atoms with Crippen LogP contribution in [0.2, 0.25) is 0 Å². The molecule has 1 aliphatic carbocycles. The molecule has 0 aliphatic heterocycles. The van der Waals surface area contributed by atoms with Gasteiger partial charge in [-0.15, -0.1) is 0 Å². The number of carbonyl (C=O) groups excluding carboxylic acids is 1. The van der Waals surface area contributed by atoms with E-state index in [1.165, 1.54) is 0 Å². The molecule has 1 saturated carbocycles. The third-order valence-electron chi connectivity index (χ3n) is 4.51. The van der Waals surface area contributed by atoms with E-state index in [9.17, 15) is 9.90 Å². The van der Waals surface area contributed by atoms with Gasteiger partial charge < -0.3 is 9.84 Å². The van der Waals surface area contributed by atoms with Crippen LogP contribution in [-0.2, 0) is 9.53 Å². The van der Waals surface area contributed by atoms with Gasteiger partial charge in [0.1, 0.15) is 5.60 Å². The van der Waals surface area contributed by atoms with Crippen LogP contribution in [0, 0.1) is 16.7 Å². The van der Waals surface area contributed by atoms with E-state index in [4.69, 9.17) is 4.74 Å². The summed E-state index contributed by atoms with van der Waals surface area (Å²) in [6, 6.07) is 0. The monoisotopic (exact) mass is 256 g/mol. The molecular weight excluding hydrogens is 228 g/mol. The summed E-state index contributed by atoms with van der Waals surface area (Å²) in [6.07, 6.45) is 2.43. The summed E-state index contributed by atoms with van der Waals surface area (Å²) in [4.78, 5) is 11.9. The maximum absolute atomic E-state index is 11.9. The summed E-state index contributed by atoms with van der Waals surface area (Å²) in [5.41, 5.74) is -0.476. The van der Waals surface area contributed by atoms with Crippen molar-refractivity contribution in [3.63, 3.8) is 0 Å². The van der Waals surface area contributed by atoms with Gasteiger partial charge in [-0.25, -0.2) is 0 Å². The number of hydrogen-bond acceptors (Lipinski definition) is 3. The van der Waals surface area contributed by atoms with Crippen molar-refractivity contribution in [2.24, 2.45) is 16.7 Å². The van der Waals surface area contributed by atoms with Crippen molar-refractivity contribution in [2.75, 3.05) is 6.61 Å². The molecule has 1 rings (SSSR count). The standard InChI is InChI=1S/C15H28O3/c1-7-8-15(10-16)11(14(15,5)6)9-12(17)18-13(2,3)4/h11,16H,7-10H2,1-6H3/t11-,15+/m1/s1. The maximum atomic E-state index is 11.9. The highest BCUT2D eigenvalue weighted by atomic mass is 16.6. The maximum Gasteiger partial charge on any atom is 0.306 e. The Morgan fingerprint density at radius 1 is 1.33 bits per heavy atom. The molecule has 1 aliphatic rings. The Morgan fingerprint density at radius 2 is 1.89 bits per heavy atom. The highest BCUT2D eigenvalue weighted by molar-refractivity contribution is 5.71. The molecule has 0 radical (unpaired) electrons. The molecular formula is C15H28O3. The first-order valence-corrected chi connectivity index (χ1v) is 6.93. The Labute approximate surface area is 111 Å². The zero-order valence-electron chi connectivity index (χ0n) is 12.7. The normalized spacial score (nSPS) is 30.1. The van der Waals surface area contributed by atoms with E-state index in [-0.39, 0.29) is 29.3 Å². The van der Waals surface area contributed by atoms with Gasteiger partial charge in [-0.3, -0.25) is 4.79 Å². The second-order valence-electron chi connectivity index (χ2n) is 7.13. The first-order valence-electron chi connectivity index (χ1n) is 6.93. The highest BCUT2D eigenvalue weighted by Crippen LogP contribution is 2.72. The molecule has 1 fully saturated rings. The molecule has 3 heteroatoms. The van der Waals surface area contributed by atoms with Crippen LogP contribution in [0.1, 0.15) is 60.8 Å². The summed E-state index contributed by atoms with van der Waals surface area (Å²) < 4.78 is 5.38. The smallest absolute Gasteiger partial charge is 0.306 e. The molecule has 0 saturated heterocycles. The molecule has 106 valence electrons. The molecule has 2 atom stereocenters. The Balaban J connectivity index is 2.66. The van der Waals surface area contributed by atoms with E-state index < -0.39 is 5.60 Å². The van der Waals surface area contributed by atoms with Crippen LogP contribution in [0.4, 0.5) is 0 Å². The third-order valence-corrected chi connectivity index (χ3v) is 4.51. The predicted molar refractivity (Wildman–Crippen MR) is 72.2 cm³/mol. The molecule has 0 aromatic rings. The van der Waals surface area contributed by atoms with Crippen LogP contribution in [0.25, 0.3) is 0 Å². The summed E-state index contributed by atoms with van der Waals surface area (Å²) in [5.74, 6) is 0.0943. The van der Waals surface area contributed by atoms with Crippen molar-refractivity contribution in [1.82, 2.24) is 0 Å². The topological polar surface area (TPSA) is 46.5 Å². The summed E-state index contributed by atoms with van der Waals surface area (Å²) >= 11 is 0. The van der Waals surface area contributed by atoms with Crippen molar-refractivity contribution in [3.8, 4) is 0 Å². The minimum Gasteiger partial charge on any atom is -0.460 e.